The van der Waals surface area contributed by atoms with Gasteiger partial charge in [-0.2, -0.15) is 0 Å². The van der Waals surface area contributed by atoms with Crippen LogP contribution in [0.3, 0.4) is 0 Å². The number of morpholine rings is 1. The number of anilines is 2. The van der Waals surface area contributed by atoms with E-state index >= 15 is 0 Å². The second kappa shape index (κ2) is 10.4. The molecule has 2 aromatic carbocycles. The minimum absolute atomic E-state index is 0.248. The lowest BCUT2D eigenvalue weighted by Crippen LogP contribution is -2.56. The monoisotopic (exact) mass is 497 g/mol. The van der Waals surface area contributed by atoms with Crippen molar-refractivity contribution in [2.75, 3.05) is 43.1 Å². The molecule has 2 heterocycles. The van der Waals surface area contributed by atoms with E-state index < -0.39 is 30.1 Å². The third-order valence-electron chi connectivity index (χ3n) is 7.32. The average Bonchev–Trinajstić information content (AvgIpc) is 2.90. The molecule has 0 radical (unpaired) electrons. The predicted octanol–water partition coefficient (Wildman–Crippen LogP) is 2.35. The van der Waals surface area contributed by atoms with Gasteiger partial charge in [0.2, 0.25) is 5.91 Å². The molecule has 1 fully saturated rings. The number of amides is 2. The molecule has 0 spiro atoms. The standard InChI is InChI=1S/C27H35N3O6/c1-16-17(2)24-21(18(3)23(16)32)9-10-27(4,36-24)26(34)29-22(15-31)25(33)28-19-5-7-20(8-6-19)30-11-13-35-14-12-30/h5-8,22,31-32H,9-15H2,1-4H3,(H,28,33)(H,29,34)/t22-,27?/m0/s1. The van der Waals surface area contributed by atoms with Crippen molar-refractivity contribution >= 4 is 23.2 Å². The number of phenolic OH excluding ortho intramolecular Hbond substituents is 1. The van der Waals surface area contributed by atoms with Crippen LogP contribution in [0.2, 0.25) is 0 Å². The molecule has 9 heteroatoms. The number of aromatic hydroxyl groups is 1. The van der Waals surface area contributed by atoms with E-state index in [2.05, 4.69) is 15.5 Å². The van der Waals surface area contributed by atoms with E-state index in [0.29, 0.717) is 43.1 Å². The molecule has 4 N–H and O–H groups in total. The Morgan fingerprint density at radius 1 is 1.08 bits per heavy atom. The number of ether oxygens (including phenoxy) is 2. The highest BCUT2D eigenvalue weighted by atomic mass is 16.5. The van der Waals surface area contributed by atoms with Crippen LogP contribution < -0.4 is 20.3 Å². The van der Waals surface area contributed by atoms with Crippen molar-refractivity contribution in [3.63, 3.8) is 0 Å². The van der Waals surface area contributed by atoms with Crippen molar-refractivity contribution in [1.29, 1.82) is 0 Å². The Morgan fingerprint density at radius 2 is 1.75 bits per heavy atom. The number of nitrogens with one attached hydrogen (secondary N) is 2. The summed E-state index contributed by atoms with van der Waals surface area (Å²) in [6, 6.07) is 6.30. The SMILES string of the molecule is Cc1c(C)c2c(c(C)c1O)CCC(C)(C(=O)N[C@@H](CO)C(=O)Nc1ccc(N3CCOCC3)cc1)O2. The molecule has 2 amide bonds. The summed E-state index contributed by atoms with van der Waals surface area (Å²) in [5.41, 5.74) is 3.52. The summed E-state index contributed by atoms with van der Waals surface area (Å²) in [5, 5.41) is 25.7. The maximum Gasteiger partial charge on any atom is 0.264 e. The highest BCUT2D eigenvalue weighted by Crippen LogP contribution is 2.43. The van der Waals surface area contributed by atoms with Gasteiger partial charge in [-0.05, 0) is 75.1 Å². The Kier molecular flexibility index (Phi) is 7.42. The molecule has 2 aliphatic rings. The van der Waals surface area contributed by atoms with E-state index in [4.69, 9.17) is 9.47 Å². The first kappa shape index (κ1) is 25.8. The van der Waals surface area contributed by atoms with Crippen LogP contribution in [-0.4, -0.2) is 66.6 Å². The lowest BCUT2D eigenvalue weighted by molar-refractivity contribution is -0.140. The van der Waals surface area contributed by atoms with Gasteiger partial charge in [-0.3, -0.25) is 9.59 Å². The summed E-state index contributed by atoms with van der Waals surface area (Å²) in [4.78, 5) is 28.3. The second-order valence-corrected chi connectivity index (χ2v) is 9.71. The summed E-state index contributed by atoms with van der Waals surface area (Å²) in [7, 11) is 0. The number of carbonyl (C=O) groups is 2. The molecule has 4 rings (SSSR count). The number of carbonyl (C=O) groups excluding carboxylic acids is 2. The largest absolute Gasteiger partial charge is 0.507 e. The Morgan fingerprint density at radius 3 is 2.39 bits per heavy atom. The van der Waals surface area contributed by atoms with Gasteiger partial charge in [0.05, 0.1) is 19.8 Å². The maximum absolute atomic E-state index is 13.2. The van der Waals surface area contributed by atoms with Gasteiger partial charge in [0.25, 0.3) is 5.91 Å². The van der Waals surface area contributed by atoms with E-state index in [0.717, 1.165) is 35.5 Å². The van der Waals surface area contributed by atoms with Crippen LogP contribution in [0.25, 0.3) is 0 Å². The molecule has 2 aromatic rings. The summed E-state index contributed by atoms with van der Waals surface area (Å²) < 4.78 is 11.6. The number of fused-ring (bicyclic) bond motifs is 1. The number of rotatable bonds is 6. The van der Waals surface area contributed by atoms with Crippen LogP contribution >= 0.6 is 0 Å². The molecule has 0 saturated carbocycles. The molecular formula is C27H35N3O6. The molecule has 2 atom stereocenters. The van der Waals surface area contributed by atoms with Crippen LogP contribution in [0.15, 0.2) is 24.3 Å². The van der Waals surface area contributed by atoms with Gasteiger partial charge in [-0.15, -0.1) is 0 Å². The number of benzene rings is 2. The molecule has 0 aliphatic carbocycles. The maximum atomic E-state index is 13.2. The number of nitrogens with zero attached hydrogens (tertiary/aromatic N) is 1. The van der Waals surface area contributed by atoms with Gasteiger partial charge < -0.3 is 35.2 Å². The third-order valence-corrected chi connectivity index (χ3v) is 7.32. The van der Waals surface area contributed by atoms with Crippen LogP contribution in [0, 0.1) is 20.8 Å². The molecule has 2 aliphatic heterocycles. The number of aliphatic hydroxyl groups is 1. The number of phenols is 1. The van der Waals surface area contributed by atoms with Crippen LogP contribution in [0.5, 0.6) is 11.5 Å². The summed E-state index contributed by atoms with van der Waals surface area (Å²) in [6.45, 7) is 9.63. The smallest absolute Gasteiger partial charge is 0.264 e. The lowest BCUT2D eigenvalue weighted by atomic mass is 9.86. The summed E-state index contributed by atoms with van der Waals surface area (Å²) >= 11 is 0. The molecule has 0 bridgehead atoms. The Labute approximate surface area is 211 Å². The first-order valence-electron chi connectivity index (χ1n) is 12.3. The van der Waals surface area contributed by atoms with E-state index in [1.165, 1.54) is 0 Å². The van der Waals surface area contributed by atoms with Crippen molar-refractivity contribution < 1.29 is 29.3 Å². The molecule has 1 saturated heterocycles. The Balaban J connectivity index is 1.42. The normalized spacial score (nSPS) is 20.2. The van der Waals surface area contributed by atoms with Crippen LogP contribution in [-0.2, 0) is 20.7 Å². The average molecular weight is 498 g/mol. The molecule has 0 aromatic heterocycles. The van der Waals surface area contributed by atoms with Gasteiger partial charge in [0, 0.05) is 36.4 Å². The second-order valence-electron chi connectivity index (χ2n) is 9.71. The van der Waals surface area contributed by atoms with Crippen LogP contribution in [0.4, 0.5) is 11.4 Å². The van der Waals surface area contributed by atoms with Gasteiger partial charge in [0.1, 0.15) is 17.5 Å². The van der Waals surface area contributed by atoms with Crippen molar-refractivity contribution in [2.24, 2.45) is 0 Å². The predicted molar refractivity (Wildman–Crippen MR) is 137 cm³/mol. The van der Waals surface area contributed by atoms with E-state index in [9.17, 15) is 19.8 Å². The van der Waals surface area contributed by atoms with Gasteiger partial charge in [-0.1, -0.05) is 0 Å². The third kappa shape index (κ3) is 4.99. The van der Waals surface area contributed by atoms with Crippen molar-refractivity contribution in [3.8, 4) is 11.5 Å². The zero-order valence-electron chi connectivity index (χ0n) is 21.3. The number of hydrogen-bond acceptors (Lipinski definition) is 7. The zero-order chi connectivity index (χ0) is 26.0. The van der Waals surface area contributed by atoms with E-state index in [-0.39, 0.29) is 5.75 Å². The first-order valence-corrected chi connectivity index (χ1v) is 12.3. The fourth-order valence-corrected chi connectivity index (χ4v) is 4.72. The zero-order valence-corrected chi connectivity index (χ0v) is 21.3. The van der Waals surface area contributed by atoms with Crippen LogP contribution in [0.1, 0.15) is 35.6 Å². The number of aliphatic hydroxyl groups excluding tert-OH is 1. The van der Waals surface area contributed by atoms with Crippen molar-refractivity contribution in [1.82, 2.24) is 5.32 Å². The first-order chi connectivity index (χ1) is 17.1. The van der Waals surface area contributed by atoms with Gasteiger partial charge in [0.15, 0.2) is 5.60 Å². The molecular weight excluding hydrogens is 462 g/mol. The number of hydrogen-bond donors (Lipinski definition) is 4. The summed E-state index contributed by atoms with van der Waals surface area (Å²) in [6.07, 6.45) is 0.919. The molecule has 9 nitrogen and oxygen atoms in total. The van der Waals surface area contributed by atoms with Gasteiger partial charge >= 0.3 is 0 Å². The fourth-order valence-electron chi connectivity index (χ4n) is 4.72. The minimum atomic E-state index is -1.22. The highest BCUT2D eigenvalue weighted by Gasteiger charge is 2.42. The fraction of sp³-hybridized carbons (Fsp3) is 0.481. The molecule has 194 valence electrons. The molecule has 1 unspecified atom stereocenters. The minimum Gasteiger partial charge on any atom is -0.507 e. The van der Waals surface area contributed by atoms with Crippen molar-refractivity contribution in [3.05, 3.63) is 46.5 Å². The Bertz CT molecular complexity index is 1140. The quantitative estimate of drug-likeness (QED) is 0.484. The highest BCUT2D eigenvalue weighted by molar-refractivity contribution is 5.98. The molecule has 36 heavy (non-hydrogen) atoms. The topological polar surface area (TPSA) is 120 Å². The summed E-state index contributed by atoms with van der Waals surface area (Å²) in [5.74, 6) is -0.152. The van der Waals surface area contributed by atoms with Crippen molar-refractivity contribution in [2.45, 2.75) is 52.2 Å². The van der Waals surface area contributed by atoms with Gasteiger partial charge in [-0.25, -0.2) is 0 Å². The van der Waals surface area contributed by atoms with E-state index in [1.807, 2.05) is 32.9 Å². The van der Waals surface area contributed by atoms with E-state index in [1.54, 1.807) is 19.1 Å². The lowest BCUT2D eigenvalue weighted by Gasteiger charge is -2.37. The Hall–Kier alpha value is -3.30.